The number of aromatic nitrogens is 2. The molecule has 1 amide bonds. The number of aryl methyl sites for hydroxylation is 1. The first kappa shape index (κ1) is 18.0. The Balaban J connectivity index is 1.83. The van der Waals surface area contributed by atoms with Gasteiger partial charge in [-0.15, -0.1) is 0 Å². The Labute approximate surface area is 154 Å². The molecule has 2 aromatic heterocycles. The van der Waals surface area contributed by atoms with Gasteiger partial charge in [-0.3, -0.25) is 9.78 Å². The van der Waals surface area contributed by atoms with Crippen LogP contribution < -0.4 is 4.74 Å². The number of hydrogen-bond donors (Lipinski definition) is 1. The van der Waals surface area contributed by atoms with E-state index in [1.807, 2.05) is 64.2 Å². The van der Waals surface area contributed by atoms with Crippen molar-refractivity contribution in [2.75, 3.05) is 13.7 Å². The Bertz CT molecular complexity index is 902. The van der Waals surface area contributed by atoms with Crippen molar-refractivity contribution in [1.29, 1.82) is 0 Å². The average molecular weight is 351 g/mol. The molecule has 0 saturated heterocycles. The Morgan fingerprint density at radius 1 is 1.31 bits per heavy atom. The van der Waals surface area contributed by atoms with Crippen molar-refractivity contribution in [2.24, 2.45) is 0 Å². The molecule has 0 fully saturated rings. The van der Waals surface area contributed by atoms with E-state index in [0.717, 1.165) is 34.3 Å². The fraction of sp³-hybridized carbons (Fsp3) is 0.333. The minimum Gasteiger partial charge on any atom is -0.494 e. The van der Waals surface area contributed by atoms with Crippen LogP contribution in [0.4, 0.5) is 0 Å². The van der Waals surface area contributed by atoms with E-state index >= 15 is 0 Å². The normalized spacial score (nSPS) is 12.2. The second-order valence-electron chi connectivity index (χ2n) is 6.56. The molecule has 1 N–H and O–H groups in total. The summed E-state index contributed by atoms with van der Waals surface area (Å²) in [5.74, 6) is 0.804. The van der Waals surface area contributed by atoms with Crippen molar-refractivity contribution in [2.45, 2.75) is 33.2 Å². The molecule has 26 heavy (non-hydrogen) atoms. The summed E-state index contributed by atoms with van der Waals surface area (Å²) in [6.07, 6.45) is 2.50. The van der Waals surface area contributed by atoms with E-state index in [1.54, 1.807) is 11.1 Å². The van der Waals surface area contributed by atoms with E-state index in [-0.39, 0.29) is 11.9 Å². The largest absolute Gasteiger partial charge is 0.494 e. The maximum Gasteiger partial charge on any atom is 0.270 e. The van der Waals surface area contributed by atoms with Crippen LogP contribution in [0.3, 0.4) is 0 Å². The lowest BCUT2D eigenvalue weighted by molar-refractivity contribution is 0.0737. The summed E-state index contributed by atoms with van der Waals surface area (Å²) in [4.78, 5) is 22.4. The van der Waals surface area contributed by atoms with Gasteiger partial charge in [-0.1, -0.05) is 6.07 Å². The Morgan fingerprint density at radius 2 is 2.12 bits per heavy atom. The Morgan fingerprint density at radius 3 is 2.81 bits per heavy atom. The summed E-state index contributed by atoms with van der Waals surface area (Å²) in [5.41, 5.74) is 3.50. The van der Waals surface area contributed by atoms with E-state index in [2.05, 4.69) is 9.97 Å². The smallest absolute Gasteiger partial charge is 0.270 e. The third kappa shape index (κ3) is 3.57. The van der Waals surface area contributed by atoms with Gasteiger partial charge in [0.1, 0.15) is 11.4 Å². The second-order valence-corrected chi connectivity index (χ2v) is 6.56. The zero-order valence-electron chi connectivity index (χ0n) is 15.7. The zero-order valence-corrected chi connectivity index (χ0v) is 15.7. The highest BCUT2D eigenvalue weighted by Gasteiger charge is 2.22. The molecule has 0 unspecified atom stereocenters. The van der Waals surface area contributed by atoms with Gasteiger partial charge in [0.2, 0.25) is 0 Å². The lowest BCUT2D eigenvalue weighted by atomic mass is 10.1. The molecule has 3 rings (SSSR count). The fourth-order valence-electron chi connectivity index (χ4n) is 3.11. The first-order valence-electron chi connectivity index (χ1n) is 8.93. The summed E-state index contributed by atoms with van der Waals surface area (Å²) in [6.45, 7) is 6.59. The minimum atomic E-state index is -0.0138. The number of ether oxygens (including phenoxy) is 1. The summed E-state index contributed by atoms with van der Waals surface area (Å²) in [7, 11) is 1.84. The van der Waals surface area contributed by atoms with Crippen LogP contribution in [-0.4, -0.2) is 40.5 Å². The van der Waals surface area contributed by atoms with Crippen molar-refractivity contribution in [3.63, 3.8) is 0 Å². The molecular formula is C21H25N3O2. The number of amides is 1. The van der Waals surface area contributed by atoms with E-state index in [0.29, 0.717) is 12.3 Å². The first-order chi connectivity index (χ1) is 12.5. The van der Waals surface area contributed by atoms with Crippen LogP contribution >= 0.6 is 0 Å². The highest BCUT2D eigenvalue weighted by atomic mass is 16.5. The third-order valence-corrected chi connectivity index (χ3v) is 4.77. The first-order valence-corrected chi connectivity index (χ1v) is 8.93. The van der Waals surface area contributed by atoms with Crippen molar-refractivity contribution in [3.8, 4) is 5.75 Å². The molecule has 136 valence electrons. The number of benzene rings is 1. The Kier molecular flexibility index (Phi) is 5.26. The summed E-state index contributed by atoms with van der Waals surface area (Å²) < 4.78 is 5.57. The number of rotatable bonds is 6. The average Bonchev–Trinajstić information content (AvgIpc) is 2.98. The Hall–Kier alpha value is -2.82. The molecule has 2 heterocycles. The van der Waals surface area contributed by atoms with Crippen molar-refractivity contribution >= 4 is 16.8 Å². The van der Waals surface area contributed by atoms with Crippen LogP contribution in [0.15, 0.2) is 42.6 Å². The number of likely N-dealkylation sites (N-methyl/N-ethyl adjacent to an activating group) is 1. The maximum atomic E-state index is 13.0. The quantitative estimate of drug-likeness (QED) is 0.731. The number of carbonyl (C=O) groups is 1. The zero-order chi connectivity index (χ0) is 18.7. The number of H-pyrrole nitrogens is 1. The molecule has 5 heteroatoms. The second kappa shape index (κ2) is 7.60. The van der Waals surface area contributed by atoms with E-state index in [1.165, 1.54) is 0 Å². The molecule has 0 aliphatic carbocycles. The third-order valence-electron chi connectivity index (χ3n) is 4.77. The van der Waals surface area contributed by atoms with Crippen LogP contribution in [0.25, 0.3) is 10.9 Å². The van der Waals surface area contributed by atoms with Gasteiger partial charge < -0.3 is 14.6 Å². The summed E-state index contributed by atoms with van der Waals surface area (Å²) >= 11 is 0. The number of pyridine rings is 1. The van der Waals surface area contributed by atoms with Crippen LogP contribution in [0.1, 0.15) is 35.6 Å². The van der Waals surface area contributed by atoms with Crippen LogP contribution in [0.5, 0.6) is 5.75 Å². The monoisotopic (exact) mass is 351 g/mol. The van der Waals surface area contributed by atoms with Gasteiger partial charge in [-0.05, 0) is 56.7 Å². The fourth-order valence-corrected chi connectivity index (χ4v) is 3.11. The highest BCUT2D eigenvalue weighted by molar-refractivity contribution is 6.01. The highest BCUT2D eigenvalue weighted by Crippen LogP contribution is 2.27. The molecule has 0 saturated carbocycles. The van der Waals surface area contributed by atoms with Gasteiger partial charge in [0.05, 0.1) is 6.61 Å². The van der Waals surface area contributed by atoms with Gasteiger partial charge in [0.15, 0.2) is 0 Å². The molecule has 0 radical (unpaired) electrons. The molecular weight excluding hydrogens is 326 g/mol. The van der Waals surface area contributed by atoms with E-state index in [9.17, 15) is 4.79 Å². The number of carbonyl (C=O) groups excluding carboxylic acids is 1. The molecule has 0 bridgehead atoms. The molecule has 0 spiro atoms. The molecule has 0 aliphatic heterocycles. The minimum absolute atomic E-state index is 0.0138. The van der Waals surface area contributed by atoms with Crippen LogP contribution in [0, 0.1) is 6.92 Å². The number of aromatic amines is 1. The lowest BCUT2D eigenvalue weighted by Gasteiger charge is -2.24. The van der Waals surface area contributed by atoms with Gasteiger partial charge >= 0.3 is 0 Å². The maximum absolute atomic E-state index is 13.0. The van der Waals surface area contributed by atoms with Gasteiger partial charge in [0, 0.05) is 42.3 Å². The lowest BCUT2D eigenvalue weighted by Crippen LogP contribution is -2.37. The van der Waals surface area contributed by atoms with Crippen molar-refractivity contribution in [1.82, 2.24) is 14.9 Å². The van der Waals surface area contributed by atoms with Gasteiger partial charge in [0.25, 0.3) is 5.91 Å². The molecule has 0 aliphatic rings. The molecule has 5 nitrogen and oxygen atoms in total. The summed E-state index contributed by atoms with van der Waals surface area (Å²) in [5, 5.41) is 1.02. The number of nitrogens with one attached hydrogen (secondary N) is 1. The standard InChI is InChI=1S/C21H25N3O2/c1-5-26-17-9-10-19-18(13-17)15(3)20(23-19)21(25)24(4)14(2)12-16-8-6-7-11-22-16/h6-11,13-14,23H,5,12H2,1-4H3/t14-/m0/s1. The predicted octanol–water partition coefficient (Wildman–Crippen LogP) is 3.97. The SMILES string of the molecule is CCOc1ccc2[nH]c(C(=O)N(C)[C@@H](C)Cc3ccccn3)c(C)c2c1. The van der Waals surface area contributed by atoms with Crippen molar-refractivity contribution < 1.29 is 9.53 Å². The van der Waals surface area contributed by atoms with E-state index in [4.69, 9.17) is 4.74 Å². The van der Waals surface area contributed by atoms with Gasteiger partial charge in [-0.25, -0.2) is 0 Å². The number of hydrogen-bond acceptors (Lipinski definition) is 3. The molecule has 3 aromatic rings. The number of fused-ring (bicyclic) bond motifs is 1. The number of nitrogens with zero attached hydrogens (tertiary/aromatic N) is 2. The van der Waals surface area contributed by atoms with Gasteiger partial charge in [-0.2, -0.15) is 0 Å². The predicted molar refractivity (Wildman–Crippen MR) is 104 cm³/mol. The molecule has 1 aromatic carbocycles. The van der Waals surface area contributed by atoms with Crippen molar-refractivity contribution in [3.05, 3.63) is 59.5 Å². The molecule has 1 atom stereocenters. The topological polar surface area (TPSA) is 58.2 Å². The summed E-state index contributed by atoms with van der Waals surface area (Å²) in [6, 6.07) is 11.8. The van der Waals surface area contributed by atoms with E-state index < -0.39 is 0 Å². The van der Waals surface area contributed by atoms with Crippen LogP contribution in [0.2, 0.25) is 0 Å². The van der Waals surface area contributed by atoms with Crippen LogP contribution in [-0.2, 0) is 6.42 Å².